The first kappa shape index (κ1) is 19.1. The highest BCUT2D eigenvalue weighted by molar-refractivity contribution is 7.90. The molecule has 1 aromatic carbocycles. The van der Waals surface area contributed by atoms with Gasteiger partial charge in [-0.15, -0.1) is 0 Å². The predicted molar refractivity (Wildman–Crippen MR) is 99.2 cm³/mol. The fourth-order valence-corrected chi connectivity index (χ4v) is 6.58. The second-order valence-corrected chi connectivity index (χ2v) is 10.2. The summed E-state index contributed by atoms with van der Waals surface area (Å²) in [7, 11) is -5.65. The van der Waals surface area contributed by atoms with Crippen LogP contribution in [-0.2, 0) is 20.0 Å². The van der Waals surface area contributed by atoms with E-state index in [0.717, 1.165) is 3.97 Å². The van der Waals surface area contributed by atoms with Gasteiger partial charge in [0.1, 0.15) is 4.90 Å². The lowest BCUT2D eigenvalue weighted by Crippen LogP contribution is -2.47. The number of hydrogen-bond acceptors (Lipinski definition) is 5. The molecule has 2 heterocycles. The van der Waals surface area contributed by atoms with Gasteiger partial charge in [-0.3, -0.25) is 0 Å². The summed E-state index contributed by atoms with van der Waals surface area (Å²) in [5, 5.41) is 0. The van der Waals surface area contributed by atoms with Gasteiger partial charge < -0.3 is 4.90 Å². The van der Waals surface area contributed by atoms with Gasteiger partial charge >= 0.3 is 0 Å². The van der Waals surface area contributed by atoms with Crippen molar-refractivity contribution >= 4 is 20.0 Å². The van der Waals surface area contributed by atoms with Gasteiger partial charge in [0.2, 0.25) is 10.0 Å². The standard InChI is InChI=1S/C17H23N3O4S2/c1-14-13-17(26(23,24)19-11-9-18(3)10-12-19)15(2)20(14)25(21,22)16-7-5-4-6-8-16/h4-8,13H,9-12H2,1-3H3. The molecule has 7 nitrogen and oxygen atoms in total. The van der Waals surface area contributed by atoms with Crippen LogP contribution in [0, 0.1) is 13.8 Å². The van der Waals surface area contributed by atoms with Crippen LogP contribution in [0.1, 0.15) is 11.4 Å². The Hall–Kier alpha value is -1.68. The van der Waals surface area contributed by atoms with Crippen LogP contribution >= 0.6 is 0 Å². The SMILES string of the molecule is Cc1cc(S(=O)(=O)N2CCN(C)CC2)c(C)n1S(=O)(=O)c1ccccc1. The van der Waals surface area contributed by atoms with Crippen LogP contribution in [0.25, 0.3) is 0 Å². The maximum absolute atomic E-state index is 13.0. The Morgan fingerprint density at radius 2 is 1.42 bits per heavy atom. The number of hydrogen-bond donors (Lipinski definition) is 0. The first-order valence-corrected chi connectivity index (χ1v) is 11.2. The van der Waals surface area contributed by atoms with Crippen LogP contribution in [-0.4, -0.2) is 63.2 Å². The maximum atomic E-state index is 13.0. The number of aryl methyl sites for hydroxylation is 1. The smallest absolute Gasteiger partial charge is 0.268 e. The van der Waals surface area contributed by atoms with E-state index in [9.17, 15) is 16.8 Å². The zero-order valence-corrected chi connectivity index (χ0v) is 16.7. The number of likely N-dealkylation sites (N-methyl/N-ethyl adjacent to an activating group) is 1. The van der Waals surface area contributed by atoms with Crippen LogP contribution < -0.4 is 0 Å². The minimum absolute atomic E-state index is 0.0547. The number of rotatable bonds is 4. The molecule has 2 aromatic rings. The number of aromatic nitrogens is 1. The summed E-state index contributed by atoms with van der Waals surface area (Å²) in [6.45, 7) is 5.25. The fraction of sp³-hybridized carbons (Fsp3) is 0.412. The van der Waals surface area contributed by atoms with Crippen molar-refractivity contribution in [2.24, 2.45) is 0 Å². The fourth-order valence-electron chi connectivity index (χ4n) is 3.21. The third-order valence-electron chi connectivity index (χ3n) is 4.68. The van der Waals surface area contributed by atoms with Gasteiger partial charge in [0.15, 0.2) is 0 Å². The average molecular weight is 398 g/mol. The highest BCUT2D eigenvalue weighted by atomic mass is 32.2. The number of nitrogens with zero attached hydrogens (tertiary/aromatic N) is 3. The molecule has 9 heteroatoms. The minimum atomic E-state index is -3.85. The topological polar surface area (TPSA) is 79.7 Å². The Morgan fingerprint density at radius 1 is 0.846 bits per heavy atom. The molecule has 1 saturated heterocycles. The molecule has 1 aliphatic rings. The van der Waals surface area contributed by atoms with E-state index in [-0.39, 0.29) is 15.5 Å². The molecule has 1 aromatic heterocycles. The van der Waals surface area contributed by atoms with Crippen molar-refractivity contribution in [3.05, 3.63) is 47.8 Å². The van der Waals surface area contributed by atoms with Crippen molar-refractivity contribution in [1.82, 2.24) is 13.2 Å². The van der Waals surface area contributed by atoms with E-state index in [0.29, 0.717) is 31.9 Å². The molecule has 0 spiro atoms. The Bertz CT molecular complexity index is 1000. The Kier molecular flexibility index (Phi) is 5.00. The summed E-state index contributed by atoms with van der Waals surface area (Å²) in [5.74, 6) is 0. The summed E-state index contributed by atoms with van der Waals surface area (Å²) >= 11 is 0. The summed E-state index contributed by atoms with van der Waals surface area (Å²) < 4.78 is 54.6. The number of benzene rings is 1. The molecule has 0 saturated carbocycles. The minimum Gasteiger partial charge on any atom is -0.304 e. The van der Waals surface area contributed by atoms with E-state index in [1.165, 1.54) is 29.4 Å². The molecule has 1 fully saturated rings. The first-order chi connectivity index (χ1) is 12.2. The molecule has 0 radical (unpaired) electrons. The lowest BCUT2D eigenvalue weighted by Gasteiger charge is -2.31. The summed E-state index contributed by atoms with van der Waals surface area (Å²) in [5.41, 5.74) is 0.587. The molecular weight excluding hydrogens is 374 g/mol. The zero-order valence-electron chi connectivity index (χ0n) is 15.1. The summed E-state index contributed by atoms with van der Waals surface area (Å²) in [6.07, 6.45) is 0. The zero-order chi connectivity index (χ0) is 19.1. The normalized spacial score (nSPS) is 17.5. The third kappa shape index (κ3) is 3.20. The van der Waals surface area contributed by atoms with Crippen molar-refractivity contribution in [3.63, 3.8) is 0 Å². The second kappa shape index (κ2) is 6.80. The monoisotopic (exact) mass is 397 g/mol. The van der Waals surface area contributed by atoms with E-state index in [4.69, 9.17) is 0 Å². The molecule has 0 amide bonds. The summed E-state index contributed by atoms with van der Waals surface area (Å²) in [4.78, 5) is 2.25. The molecule has 0 bridgehead atoms. The second-order valence-electron chi connectivity index (χ2n) is 6.53. The Labute approximate surface area is 154 Å². The molecule has 26 heavy (non-hydrogen) atoms. The van der Waals surface area contributed by atoms with Gasteiger partial charge in [-0.25, -0.2) is 20.8 Å². The van der Waals surface area contributed by atoms with Gasteiger partial charge in [0.25, 0.3) is 10.0 Å². The lowest BCUT2D eigenvalue weighted by molar-refractivity contribution is 0.222. The van der Waals surface area contributed by atoms with Crippen LogP contribution in [0.15, 0.2) is 46.2 Å². The van der Waals surface area contributed by atoms with Crippen molar-refractivity contribution in [1.29, 1.82) is 0 Å². The van der Waals surface area contributed by atoms with Crippen LogP contribution in [0.5, 0.6) is 0 Å². The van der Waals surface area contributed by atoms with Gasteiger partial charge in [0.05, 0.1) is 10.6 Å². The van der Waals surface area contributed by atoms with Crippen LogP contribution in [0.2, 0.25) is 0 Å². The highest BCUT2D eigenvalue weighted by Gasteiger charge is 2.33. The van der Waals surface area contributed by atoms with Gasteiger partial charge in [-0.2, -0.15) is 4.31 Å². The van der Waals surface area contributed by atoms with Crippen LogP contribution in [0.3, 0.4) is 0 Å². The maximum Gasteiger partial charge on any atom is 0.268 e. The highest BCUT2D eigenvalue weighted by Crippen LogP contribution is 2.28. The van der Waals surface area contributed by atoms with Gasteiger partial charge in [0, 0.05) is 31.9 Å². The number of sulfonamides is 1. The third-order valence-corrected chi connectivity index (χ3v) is 8.61. The van der Waals surface area contributed by atoms with Crippen LogP contribution in [0.4, 0.5) is 0 Å². The Balaban J connectivity index is 2.07. The number of piperazine rings is 1. The Morgan fingerprint density at radius 3 is 2.00 bits per heavy atom. The quantitative estimate of drug-likeness (QED) is 0.776. The molecular formula is C17H23N3O4S2. The molecule has 3 rings (SSSR count). The summed E-state index contributed by atoms with van der Waals surface area (Å²) in [6, 6.07) is 9.47. The molecule has 142 valence electrons. The molecule has 0 atom stereocenters. The molecule has 0 N–H and O–H groups in total. The van der Waals surface area contributed by atoms with E-state index in [1.54, 1.807) is 25.1 Å². The van der Waals surface area contributed by atoms with Crippen molar-refractivity contribution in [2.45, 2.75) is 23.6 Å². The van der Waals surface area contributed by atoms with E-state index in [2.05, 4.69) is 4.90 Å². The predicted octanol–water partition coefficient (Wildman–Crippen LogP) is 1.28. The van der Waals surface area contributed by atoms with E-state index in [1.807, 2.05) is 7.05 Å². The van der Waals surface area contributed by atoms with Crippen molar-refractivity contribution in [2.75, 3.05) is 33.2 Å². The van der Waals surface area contributed by atoms with Crippen molar-refractivity contribution < 1.29 is 16.8 Å². The molecule has 0 unspecified atom stereocenters. The lowest BCUT2D eigenvalue weighted by atomic mass is 10.4. The van der Waals surface area contributed by atoms with Crippen molar-refractivity contribution in [3.8, 4) is 0 Å². The average Bonchev–Trinajstić information content (AvgIpc) is 2.92. The van der Waals surface area contributed by atoms with E-state index >= 15 is 0 Å². The molecule has 1 aliphatic heterocycles. The van der Waals surface area contributed by atoms with Gasteiger partial charge in [-0.05, 0) is 39.1 Å². The largest absolute Gasteiger partial charge is 0.304 e. The van der Waals surface area contributed by atoms with E-state index < -0.39 is 20.0 Å². The first-order valence-electron chi connectivity index (χ1n) is 8.34. The molecule has 0 aliphatic carbocycles. The van der Waals surface area contributed by atoms with Gasteiger partial charge in [-0.1, -0.05) is 18.2 Å².